The molecule has 5 heteroatoms. The fourth-order valence-electron chi connectivity index (χ4n) is 2.49. The molecule has 1 aliphatic carbocycles. The van der Waals surface area contributed by atoms with E-state index in [1.165, 1.54) is 12.1 Å². The number of aromatic amines is 1. The molecule has 0 spiro atoms. The van der Waals surface area contributed by atoms with E-state index in [0.29, 0.717) is 11.2 Å². The van der Waals surface area contributed by atoms with Gasteiger partial charge >= 0.3 is 0 Å². The molecule has 2 N–H and O–H groups in total. The van der Waals surface area contributed by atoms with E-state index in [9.17, 15) is 9.18 Å². The molecule has 94 valence electrons. The Morgan fingerprint density at radius 2 is 2.17 bits per heavy atom. The van der Waals surface area contributed by atoms with Crippen molar-refractivity contribution in [1.29, 1.82) is 0 Å². The van der Waals surface area contributed by atoms with Crippen LogP contribution >= 0.6 is 0 Å². The number of fused-ring (bicyclic) bond motifs is 1. The minimum absolute atomic E-state index is 0.00911. The summed E-state index contributed by atoms with van der Waals surface area (Å²) in [5.74, 6) is 0.150. The third-order valence-corrected chi connectivity index (χ3v) is 3.49. The lowest BCUT2D eigenvalue weighted by atomic mass is 10.1. The van der Waals surface area contributed by atoms with Gasteiger partial charge in [-0.3, -0.25) is 9.89 Å². The van der Waals surface area contributed by atoms with E-state index in [1.54, 1.807) is 6.07 Å². The molecule has 1 aliphatic rings. The summed E-state index contributed by atoms with van der Waals surface area (Å²) in [5, 5.41) is 10.2. The van der Waals surface area contributed by atoms with Crippen molar-refractivity contribution in [3.63, 3.8) is 0 Å². The molecule has 1 heterocycles. The highest BCUT2D eigenvalue weighted by atomic mass is 19.1. The zero-order valence-electron chi connectivity index (χ0n) is 9.87. The summed E-state index contributed by atoms with van der Waals surface area (Å²) >= 11 is 0. The molecule has 4 nitrogen and oxygen atoms in total. The fraction of sp³-hybridized carbons (Fsp3) is 0.385. The molecular weight excluding hydrogens is 233 g/mol. The van der Waals surface area contributed by atoms with Gasteiger partial charge in [0.05, 0.1) is 5.52 Å². The van der Waals surface area contributed by atoms with Crippen LogP contribution in [-0.4, -0.2) is 16.1 Å². The van der Waals surface area contributed by atoms with Gasteiger partial charge in [0.1, 0.15) is 5.82 Å². The Morgan fingerprint density at radius 3 is 2.94 bits per heavy atom. The van der Waals surface area contributed by atoms with Crippen molar-refractivity contribution in [2.24, 2.45) is 5.92 Å². The Kier molecular flexibility index (Phi) is 2.74. The van der Waals surface area contributed by atoms with Gasteiger partial charge in [0.2, 0.25) is 5.91 Å². The Balaban J connectivity index is 1.85. The van der Waals surface area contributed by atoms with Gasteiger partial charge in [0.25, 0.3) is 0 Å². The van der Waals surface area contributed by atoms with Crippen LogP contribution in [0.3, 0.4) is 0 Å². The number of nitrogens with zero attached hydrogens (tertiary/aromatic N) is 1. The molecule has 0 unspecified atom stereocenters. The second kappa shape index (κ2) is 4.40. The van der Waals surface area contributed by atoms with Gasteiger partial charge in [-0.1, -0.05) is 12.8 Å². The Morgan fingerprint density at radius 1 is 1.39 bits per heavy atom. The maximum Gasteiger partial charge on any atom is 0.228 e. The zero-order valence-corrected chi connectivity index (χ0v) is 9.87. The number of carbonyl (C=O) groups is 1. The molecule has 1 amide bonds. The van der Waals surface area contributed by atoms with Crippen molar-refractivity contribution < 1.29 is 9.18 Å². The van der Waals surface area contributed by atoms with Crippen molar-refractivity contribution in [2.75, 3.05) is 5.32 Å². The summed E-state index contributed by atoms with van der Waals surface area (Å²) in [7, 11) is 0. The normalized spacial score (nSPS) is 16.3. The highest BCUT2D eigenvalue weighted by Crippen LogP contribution is 2.27. The van der Waals surface area contributed by atoms with Crippen LogP contribution in [-0.2, 0) is 4.79 Å². The highest BCUT2D eigenvalue weighted by molar-refractivity contribution is 6.00. The standard InChI is InChI=1S/C13H14FN3O/c14-9-5-6-11-10(7-9)12(17-16-11)15-13(18)8-3-1-2-4-8/h5-8H,1-4H2,(H2,15,16,17,18). The molecule has 1 aromatic carbocycles. The average Bonchev–Trinajstić information content (AvgIpc) is 2.99. The van der Waals surface area contributed by atoms with Crippen LogP contribution in [0, 0.1) is 11.7 Å². The van der Waals surface area contributed by atoms with Crippen molar-refractivity contribution >= 4 is 22.6 Å². The minimum atomic E-state index is -0.333. The van der Waals surface area contributed by atoms with Crippen molar-refractivity contribution in [2.45, 2.75) is 25.7 Å². The zero-order chi connectivity index (χ0) is 12.5. The van der Waals surface area contributed by atoms with E-state index in [0.717, 1.165) is 31.2 Å². The summed E-state index contributed by atoms with van der Waals surface area (Å²) in [6.45, 7) is 0. The van der Waals surface area contributed by atoms with Gasteiger partial charge in [-0.15, -0.1) is 0 Å². The first-order valence-electron chi connectivity index (χ1n) is 6.18. The Labute approximate surface area is 104 Å². The molecule has 2 aromatic rings. The Bertz CT molecular complexity index is 587. The molecule has 1 aromatic heterocycles. The molecule has 0 bridgehead atoms. The quantitative estimate of drug-likeness (QED) is 0.857. The first-order valence-corrected chi connectivity index (χ1v) is 6.18. The SMILES string of the molecule is O=C(Nc1n[nH]c2ccc(F)cc12)C1CCCC1. The second-order valence-corrected chi connectivity index (χ2v) is 4.73. The van der Waals surface area contributed by atoms with E-state index >= 15 is 0 Å². The number of nitrogens with one attached hydrogen (secondary N) is 2. The van der Waals surface area contributed by atoms with Crippen LogP contribution in [0.25, 0.3) is 10.9 Å². The van der Waals surface area contributed by atoms with Crippen LogP contribution in [0.5, 0.6) is 0 Å². The molecule has 3 rings (SSSR count). The van der Waals surface area contributed by atoms with Crippen LogP contribution in [0.15, 0.2) is 18.2 Å². The predicted molar refractivity (Wildman–Crippen MR) is 66.6 cm³/mol. The number of amides is 1. The van der Waals surface area contributed by atoms with E-state index in [2.05, 4.69) is 15.5 Å². The molecule has 0 aliphatic heterocycles. The smallest absolute Gasteiger partial charge is 0.228 e. The number of benzene rings is 1. The third-order valence-electron chi connectivity index (χ3n) is 3.49. The van der Waals surface area contributed by atoms with E-state index in [4.69, 9.17) is 0 Å². The molecule has 1 saturated carbocycles. The van der Waals surface area contributed by atoms with Gasteiger partial charge in [-0.2, -0.15) is 5.10 Å². The topological polar surface area (TPSA) is 57.8 Å². The predicted octanol–water partition coefficient (Wildman–Crippen LogP) is 2.83. The summed E-state index contributed by atoms with van der Waals surface area (Å²) in [6.07, 6.45) is 4.08. The number of halogens is 1. The van der Waals surface area contributed by atoms with E-state index in [1.807, 2.05) is 0 Å². The van der Waals surface area contributed by atoms with Gasteiger partial charge < -0.3 is 5.32 Å². The fourth-order valence-corrected chi connectivity index (χ4v) is 2.49. The summed E-state index contributed by atoms with van der Waals surface area (Å²) in [6, 6.07) is 4.36. The van der Waals surface area contributed by atoms with Crippen LogP contribution in [0.1, 0.15) is 25.7 Å². The monoisotopic (exact) mass is 247 g/mol. The first kappa shape index (κ1) is 11.2. The highest BCUT2D eigenvalue weighted by Gasteiger charge is 2.23. The first-order chi connectivity index (χ1) is 8.74. The van der Waals surface area contributed by atoms with Crippen LogP contribution < -0.4 is 5.32 Å². The van der Waals surface area contributed by atoms with Crippen molar-refractivity contribution in [3.05, 3.63) is 24.0 Å². The lowest BCUT2D eigenvalue weighted by molar-refractivity contribution is -0.119. The maximum atomic E-state index is 13.2. The average molecular weight is 247 g/mol. The van der Waals surface area contributed by atoms with Gasteiger partial charge in [-0.05, 0) is 31.0 Å². The van der Waals surface area contributed by atoms with E-state index in [-0.39, 0.29) is 17.6 Å². The summed E-state index contributed by atoms with van der Waals surface area (Å²) < 4.78 is 13.2. The molecule has 18 heavy (non-hydrogen) atoms. The number of hydrogen-bond acceptors (Lipinski definition) is 2. The van der Waals surface area contributed by atoms with Gasteiger partial charge in [-0.25, -0.2) is 4.39 Å². The Hall–Kier alpha value is -1.91. The van der Waals surface area contributed by atoms with E-state index < -0.39 is 0 Å². The van der Waals surface area contributed by atoms with Crippen LogP contribution in [0.4, 0.5) is 10.2 Å². The summed E-state index contributed by atoms with van der Waals surface area (Å²) in [5.41, 5.74) is 0.720. The summed E-state index contributed by atoms with van der Waals surface area (Å²) in [4.78, 5) is 12.0. The number of anilines is 1. The largest absolute Gasteiger partial charge is 0.308 e. The second-order valence-electron chi connectivity index (χ2n) is 4.73. The van der Waals surface area contributed by atoms with Gasteiger partial charge in [0, 0.05) is 11.3 Å². The third kappa shape index (κ3) is 1.96. The minimum Gasteiger partial charge on any atom is -0.308 e. The number of aromatic nitrogens is 2. The number of hydrogen-bond donors (Lipinski definition) is 2. The maximum absolute atomic E-state index is 13.2. The van der Waals surface area contributed by atoms with Crippen molar-refractivity contribution in [1.82, 2.24) is 10.2 Å². The number of H-pyrrole nitrogens is 1. The molecule has 0 radical (unpaired) electrons. The molecule has 0 atom stereocenters. The lowest BCUT2D eigenvalue weighted by Crippen LogP contribution is -2.20. The number of rotatable bonds is 2. The molecular formula is C13H14FN3O. The van der Waals surface area contributed by atoms with Crippen LogP contribution in [0.2, 0.25) is 0 Å². The van der Waals surface area contributed by atoms with Crippen molar-refractivity contribution in [3.8, 4) is 0 Å². The number of carbonyl (C=O) groups excluding carboxylic acids is 1. The molecule has 1 fully saturated rings. The van der Waals surface area contributed by atoms with Gasteiger partial charge in [0.15, 0.2) is 5.82 Å². The lowest BCUT2D eigenvalue weighted by Gasteiger charge is -2.08. The molecule has 0 saturated heterocycles.